The summed E-state index contributed by atoms with van der Waals surface area (Å²) in [6, 6.07) is 6.85. The number of aliphatic imine (C=N–C) groups is 2. The normalized spacial score (nSPS) is 22.8. The Morgan fingerprint density at radius 1 is 1.22 bits per heavy atom. The number of guanidine groups is 2. The van der Waals surface area contributed by atoms with Crippen LogP contribution in [0, 0.1) is 0 Å². The molecule has 0 atom stereocenters. The van der Waals surface area contributed by atoms with E-state index in [1.54, 1.807) is 52.0 Å². The van der Waals surface area contributed by atoms with E-state index in [0.717, 1.165) is 0 Å². The first-order valence-corrected chi connectivity index (χ1v) is 10.8. The number of rotatable bonds is 3. The molecular formula is C22H31N5O5. The number of aliphatic hydroxyl groups excluding tert-OH is 1. The Balaban J connectivity index is 1.81. The van der Waals surface area contributed by atoms with Crippen molar-refractivity contribution in [3.63, 3.8) is 0 Å². The van der Waals surface area contributed by atoms with Crippen LogP contribution in [0.1, 0.15) is 63.7 Å². The summed E-state index contributed by atoms with van der Waals surface area (Å²) in [5, 5.41) is 18.7. The Morgan fingerprint density at radius 2 is 1.91 bits per heavy atom. The number of nitrogens with zero attached hydrogens (tertiary/aromatic N) is 2. The van der Waals surface area contributed by atoms with E-state index in [2.05, 4.69) is 20.9 Å². The third-order valence-corrected chi connectivity index (χ3v) is 4.89. The predicted molar refractivity (Wildman–Crippen MR) is 121 cm³/mol. The Bertz CT molecular complexity index is 914. The molecule has 0 saturated heterocycles. The molecule has 3 rings (SSSR count). The van der Waals surface area contributed by atoms with Crippen LogP contribution in [0.2, 0.25) is 0 Å². The van der Waals surface area contributed by atoms with Gasteiger partial charge in [-0.2, -0.15) is 0 Å². The van der Waals surface area contributed by atoms with Gasteiger partial charge in [-0.3, -0.25) is 10.6 Å². The molecule has 174 valence electrons. The molecule has 0 bridgehead atoms. The van der Waals surface area contributed by atoms with Crippen molar-refractivity contribution in [1.82, 2.24) is 10.6 Å². The first-order chi connectivity index (χ1) is 15.1. The van der Waals surface area contributed by atoms with Crippen LogP contribution >= 0.6 is 0 Å². The summed E-state index contributed by atoms with van der Waals surface area (Å²) in [7, 11) is 0. The highest BCUT2D eigenvalue weighted by Crippen LogP contribution is 2.34. The highest BCUT2D eigenvalue weighted by atomic mass is 16.6. The minimum Gasteiger partial charge on any atom is -0.462 e. The third-order valence-electron chi connectivity index (χ3n) is 4.89. The monoisotopic (exact) mass is 445 g/mol. The van der Waals surface area contributed by atoms with Crippen molar-refractivity contribution in [1.29, 1.82) is 0 Å². The fraction of sp³-hybridized carbons (Fsp3) is 0.545. The number of amides is 1. The summed E-state index contributed by atoms with van der Waals surface area (Å²) >= 11 is 0. The van der Waals surface area contributed by atoms with Gasteiger partial charge in [-0.25, -0.2) is 19.6 Å². The summed E-state index contributed by atoms with van der Waals surface area (Å²) in [4.78, 5) is 33.7. The topological polar surface area (TPSA) is 134 Å². The Morgan fingerprint density at radius 3 is 2.56 bits per heavy atom. The SMILES string of the molecule is CCOC(=O)c1cccc(NC2=NC3(CCC(O)CC3)N=C(NC(=O)OC(C)(C)C)N2)c1. The molecule has 1 amide bonds. The van der Waals surface area contributed by atoms with Gasteiger partial charge in [0.15, 0.2) is 5.66 Å². The molecule has 1 aromatic rings. The van der Waals surface area contributed by atoms with Crippen molar-refractivity contribution in [3.8, 4) is 0 Å². The molecule has 10 nitrogen and oxygen atoms in total. The van der Waals surface area contributed by atoms with Crippen molar-refractivity contribution in [2.24, 2.45) is 9.98 Å². The summed E-state index contributed by atoms with van der Waals surface area (Å²) in [6.45, 7) is 7.36. The average Bonchev–Trinajstić information content (AvgIpc) is 2.69. The van der Waals surface area contributed by atoms with Crippen LogP contribution in [-0.4, -0.2) is 53.1 Å². The van der Waals surface area contributed by atoms with Crippen LogP contribution in [0.25, 0.3) is 0 Å². The van der Waals surface area contributed by atoms with Gasteiger partial charge in [0.25, 0.3) is 0 Å². The van der Waals surface area contributed by atoms with Gasteiger partial charge in [0.2, 0.25) is 11.9 Å². The molecule has 10 heteroatoms. The lowest BCUT2D eigenvalue weighted by molar-refractivity contribution is 0.0523. The van der Waals surface area contributed by atoms with Gasteiger partial charge >= 0.3 is 12.1 Å². The number of hydrogen-bond donors (Lipinski definition) is 4. The standard InChI is InChI=1S/C22H31N5O5/c1-5-31-17(29)14-7-6-8-15(13-14)23-18-24-19(25-20(30)32-21(2,3)4)27-22(26-18)11-9-16(28)10-12-22/h6-8,13,16,28H,5,9-12H2,1-4H3,(H3,23,24,25,26,27,30). The van der Waals surface area contributed by atoms with Crippen molar-refractivity contribution in [2.75, 3.05) is 11.9 Å². The summed E-state index contributed by atoms with van der Waals surface area (Å²) in [6.07, 6.45) is 1.14. The number of carbonyl (C=O) groups is 2. The first-order valence-electron chi connectivity index (χ1n) is 10.8. The molecule has 1 aliphatic carbocycles. The second-order valence-corrected chi connectivity index (χ2v) is 8.81. The number of anilines is 1. The second-order valence-electron chi connectivity index (χ2n) is 8.81. The molecule has 0 radical (unpaired) electrons. The maximum atomic E-state index is 12.3. The zero-order valence-corrected chi connectivity index (χ0v) is 18.9. The maximum Gasteiger partial charge on any atom is 0.414 e. The smallest absolute Gasteiger partial charge is 0.414 e. The number of alkyl carbamates (subject to hydrolysis) is 1. The molecule has 1 heterocycles. The van der Waals surface area contributed by atoms with Crippen LogP contribution in [0.5, 0.6) is 0 Å². The number of ether oxygens (including phenoxy) is 2. The number of aliphatic hydroxyl groups is 1. The molecule has 1 fully saturated rings. The summed E-state index contributed by atoms with van der Waals surface area (Å²) in [5.74, 6) is 0.152. The maximum absolute atomic E-state index is 12.3. The lowest BCUT2D eigenvalue weighted by atomic mass is 9.88. The zero-order valence-electron chi connectivity index (χ0n) is 18.9. The molecule has 0 unspecified atom stereocenters. The van der Waals surface area contributed by atoms with E-state index in [1.807, 2.05) is 0 Å². The largest absolute Gasteiger partial charge is 0.462 e. The van der Waals surface area contributed by atoms with Crippen LogP contribution < -0.4 is 16.0 Å². The molecule has 1 saturated carbocycles. The summed E-state index contributed by atoms with van der Waals surface area (Å²) < 4.78 is 10.4. The van der Waals surface area contributed by atoms with Gasteiger partial charge in [0, 0.05) is 5.69 Å². The molecule has 0 aromatic heterocycles. The number of esters is 1. The number of benzene rings is 1. The van der Waals surface area contributed by atoms with Crippen molar-refractivity contribution in [3.05, 3.63) is 29.8 Å². The minimum absolute atomic E-state index is 0.203. The van der Waals surface area contributed by atoms with Gasteiger partial charge in [0.05, 0.1) is 18.3 Å². The van der Waals surface area contributed by atoms with E-state index in [1.165, 1.54) is 0 Å². The Labute approximate surface area is 187 Å². The van der Waals surface area contributed by atoms with E-state index in [0.29, 0.717) is 42.9 Å². The van der Waals surface area contributed by atoms with Crippen LogP contribution in [0.4, 0.5) is 10.5 Å². The van der Waals surface area contributed by atoms with Gasteiger partial charge in [-0.15, -0.1) is 0 Å². The van der Waals surface area contributed by atoms with Crippen molar-refractivity contribution < 1.29 is 24.2 Å². The first kappa shape index (κ1) is 23.5. The Kier molecular flexibility index (Phi) is 7.02. The van der Waals surface area contributed by atoms with E-state index in [9.17, 15) is 14.7 Å². The van der Waals surface area contributed by atoms with Crippen LogP contribution in [-0.2, 0) is 9.47 Å². The second kappa shape index (κ2) is 9.56. The van der Waals surface area contributed by atoms with Crippen LogP contribution in [0.15, 0.2) is 34.3 Å². The average molecular weight is 446 g/mol. The van der Waals surface area contributed by atoms with Crippen LogP contribution in [0.3, 0.4) is 0 Å². The molecule has 4 N–H and O–H groups in total. The molecule has 1 spiro atoms. The van der Waals surface area contributed by atoms with Crippen molar-refractivity contribution >= 4 is 29.7 Å². The third kappa shape index (κ3) is 6.43. The molecule has 2 aliphatic rings. The quantitative estimate of drug-likeness (QED) is 0.526. The highest BCUT2D eigenvalue weighted by Gasteiger charge is 2.38. The summed E-state index contributed by atoms with van der Waals surface area (Å²) in [5.41, 5.74) is -0.444. The zero-order chi connectivity index (χ0) is 23.4. The molecule has 1 aromatic carbocycles. The molecule has 32 heavy (non-hydrogen) atoms. The molecule has 1 aliphatic heterocycles. The number of carbonyl (C=O) groups excluding carboxylic acids is 2. The van der Waals surface area contributed by atoms with E-state index < -0.39 is 23.3 Å². The van der Waals surface area contributed by atoms with Crippen molar-refractivity contribution in [2.45, 2.75) is 70.7 Å². The van der Waals surface area contributed by atoms with Gasteiger partial charge in [0.1, 0.15) is 5.60 Å². The highest BCUT2D eigenvalue weighted by molar-refractivity contribution is 6.10. The minimum atomic E-state index is -0.810. The van der Waals surface area contributed by atoms with Gasteiger partial charge < -0.3 is 19.9 Å². The number of nitrogens with one attached hydrogen (secondary N) is 3. The lowest BCUT2D eigenvalue weighted by Crippen LogP contribution is -2.53. The van der Waals surface area contributed by atoms with E-state index in [-0.39, 0.29) is 18.7 Å². The number of hydrogen-bond acceptors (Lipinski definition) is 9. The van der Waals surface area contributed by atoms with E-state index in [4.69, 9.17) is 14.5 Å². The predicted octanol–water partition coefficient (Wildman–Crippen LogP) is 2.75. The fourth-order valence-corrected chi connectivity index (χ4v) is 3.49. The molecular weight excluding hydrogens is 414 g/mol. The van der Waals surface area contributed by atoms with Gasteiger partial charge in [-0.1, -0.05) is 6.07 Å². The van der Waals surface area contributed by atoms with E-state index >= 15 is 0 Å². The van der Waals surface area contributed by atoms with Gasteiger partial charge in [-0.05, 0) is 71.6 Å². The fourth-order valence-electron chi connectivity index (χ4n) is 3.49. The lowest BCUT2D eigenvalue weighted by Gasteiger charge is -2.36. The Hall–Kier alpha value is -3.14.